The van der Waals surface area contributed by atoms with E-state index in [4.69, 9.17) is 16.6 Å². The van der Waals surface area contributed by atoms with Gasteiger partial charge in [-0.05, 0) is 37.8 Å². The maximum atomic E-state index is 14.1. The number of aliphatic hydroxyl groups excluding tert-OH is 1. The molecule has 1 aliphatic heterocycles. The van der Waals surface area contributed by atoms with Gasteiger partial charge in [0, 0.05) is 24.9 Å². The highest BCUT2D eigenvalue weighted by Crippen LogP contribution is 2.32. The van der Waals surface area contributed by atoms with Crippen LogP contribution in [0.5, 0.6) is 0 Å². The molecule has 1 atom stereocenters. The number of aliphatic hydroxyl groups is 1. The first-order valence-corrected chi connectivity index (χ1v) is 6.81. The minimum atomic E-state index is -0.658. The average molecular weight is 281 g/mol. The molecule has 0 spiro atoms. The second kappa shape index (κ2) is 6.09. The number of carbonyl (C=O) groups excluding carboxylic acids is 1. The molecule has 1 aromatic rings. The molecule has 5 nitrogen and oxygen atoms in total. The summed E-state index contributed by atoms with van der Waals surface area (Å²) in [4.78, 5) is 13.3. The number of primary amides is 1. The van der Waals surface area contributed by atoms with Gasteiger partial charge in [0.2, 0.25) is 0 Å². The molecule has 0 saturated carbocycles. The summed E-state index contributed by atoms with van der Waals surface area (Å²) in [5, 5.41) is 8.92. The molecule has 2 rings (SSSR count). The second-order valence-electron chi connectivity index (χ2n) is 5.11. The summed E-state index contributed by atoms with van der Waals surface area (Å²) in [6.45, 7) is 0.857. The summed E-state index contributed by atoms with van der Waals surface area (Å²) in [5.74, 6) is -1.10. The Balaban J connectivity index is 2.31. The van der Waals surface area contributed by atoms with Crippen molar-refractivity contribution in [1.29, 1.82) is 0 Å². The van der Waals surface area contributed by atoms with Crippen molar-refractivity contribution in [2.45, 2.75) is 31.7 Å². The van der Waals surface area contributed by atoms with Gasteiger partial charge >= 0.3 is 0 Å². The third-order valence-corrected chi connectivity index (χ3v) is 3.77. The van der Waals surface area contributed by atoms with Crippen LogP contribution >= 0.6 is 0 Å². The highest BCUT2D eigenvalue weighted by molar-refractivity contribution is 5.99. The maximum Gasteiger partial charge on any atom is 0.250 e. The third kappa shape index (κ3) is 2.85. The first kappa shape index (κ1) is 14.6. The molecule has 0 aromatic heterocycles. The molecule has 1 aromatic carbocycles. The average Bonchev–Trinajstić information content (AvgIpc) is 2.84. The molecule has 1 heterocycles. The van der Waals surface area contributed by atoms with E-state index < -0.39 is 11.7 Å². The first-order chi connectivity index (χ1) is 9.54. The molecule has 1 unspecified atom stereocenters. The molecule has 20 heavy (non-hydrogen) atoms. The monoisotopic (exact) mass is 281 g/mol. The predicted octanol–water partition coefficient (Wildman–Crippen LogP) is 1.25. The number of anilines is 2. The van der Waals surface area contributed by atoms with Gasteiger partial charge in [-0.2, -0.15) is 0 Å². The van der Waals surface area contributed by atoms with Crippen LogP contribution in [0.2, 0.25) is 0 Å². The number of carbonyl (C=O) groups is 1. The topological polar surface area (TPSA) is 92.6 Å². The van der Waals surface area contributed by atoms with Gasteiger partial charge in [-0.1, -0.05) is 0 Å². The zero-order chi connectivity index (χ0) is 14.7. The summed E-state index contributed by atoms with van der Waals surface area (Å²) >= 11 is 0. The minimum absolute atomic E-state index is 0.0601. The van der Waals surface area contributed by atoms with E-state index in [2.05, 4.69) is 0 Å². The molecule has 1 aliphatic rings. The third-order valence-electron chi connectivity index (χ3n) is 3.77. The van der Waals surface area contributed by atoms with Crippen LogP contribution in [0.4, 0.5) is 15.8 Å². The van der Waals surface area contributed by atoms with Crippen LogP contribution in [0.15, 0.2) is 12.1 Å². The van der Waals surface area contributed by atoms with Crippen LogP contribution < -0.4 is 16.4 Å². The van der Waals surface area contributed by atoms with Gasteiger partial charge in [-0.3, -0.25) is 4.79 Å². The highest BCUT2D eigenvalue weighted by Gasteiger charge is 2.27. The Morgan fingerprint density at radius 3 is 2.90 bits per heavy atom. The SMILES string of the molecule is NC(=O)c1cc(N2CCCC2CCCO)c(F)cc1N. The molecule has 6 heteroatoms. The number of hydrogen-bond acceptors (Lipinski definition) is 4. The van der Waals surface area contributed by atoms with Crippen LogP contribution in [-0.2, 0) is 0 Å². The van der Waals surface area contributed by atoms with Crippen LogP contribution in [-0.4, -0.2) is 30.2 Å². The normalized spacial score (nSPS) is 18.5. The van der Waals surface area contributed by atoms with Crippen molar-refractivity contribution < 1.29 is 14.3 Å². The van der Waals surface area contributed by atoms with Gasteiger partial charge in [-0.15, -0.1) is 0 Å². The number of nitrogens with two attached hydrogens (primary N) is 2. The van der Waals surface area contributed by atoms with Crippen molar-refractivity contribution in [2.75, 3.05) is 23.8 Å². The number of amides is 1. The van der Waals surface area contributed by atoms with E-state index in [1.807, 2.05) is 4.90 Å². The fraction of sp³-hybridized carbons (Fsp3) is 0.500. The van der Waals surface area contributed by atoms with E-state index in [1.54, 1.807) is 0 Å². The Labute approximate surface area is 117 Å². The first-order valence-electron chi connectivity index (χ1n) is 6.81. The minimum Gasteiger partial charge on any atom is -0.398 e. The van der Waals surface area contributed by atoms with Gasteiger partial charge in [-0.25, -0.2) is 4.39 Å². The Morgan fingerprint density at radius 2 is 2.25 bits per heavy atom. The Hall–Kier alpha value is -1.82. The molecule has 0 bridgehead atoms. The number of rotatable bonds is 5. The van der Waals surface area contributed by atoms with Crippen molar-refractivity contribution in [3.63, 3.8) is 0 Å². The number of nitrogens with zero attached hydrogens (tertiary/aromatic N) is 1. The fourth-order valence-corrected chi connectivity index (χ4v) is 2.79. The van der Waals surface area contributed by atoms with E-state index in [-0.39, 0.29) is 23.9 Å². The lowest BCUT2D eigenvalue weighted by Crippen LogP contribution is -2.30. The van der Waals surface area contributed by atoms with Crippen LogP contribution in [0.3, 0.4) is 0 Å². The lowest BCUT2D eigenvalue weighted by atomic mass is 10.1. The lowest BCUT2D eigenvalue weighted by molar-refractivity contribution is 0.100. The van der Waals surface area contributed by atoms with Crippen molar-refractivity contribution in [1.82, 2.24) is 0 Å². The van der Waals surface area contributed by atoms with Crippen LogP contribution in [0.1, 0.15) is 36.0 Å². The summed E-state index contributed by atoms with van der Waals surface area (Å²) in [6, 6.07) is 2.77. The molecular weight excluding hydrogens is 261 g/mol. The Bertz CT molecular complexity index is 507. The van der Waals surface area contributed by atoms with E-state index in [0.717, 1.165) is 31.9 Å². The summed E-state index contributed by atoms with van der Waals surface area (Å²) in [6.07, 6.45) is 3.40. The van der Waals surface area contributed by atoms with Crippen molar-refractivity contribution in [3.05, 3.63) is 23.5 Å². The van der Waals surface area contributed by atoms with Crippen LogP contribution in [0.25, 0.3) is 0 Å². The van der Waals surface area contributed by atoms with Crippen molar-refractivity contribution >= 4 is 17.3 Å². The summed E-state index contributed by atoms with van der Waals surface area (Å²) in [7, 11) is 0. The number of benzene rings is 1. The molecule has 1 saturated heterocycles. The number of halogens is 1. The zero-order valence-electron chi connectivity index (χ0n) is 11.3. The van der Waals surface area contributed by atoms with Gasteiger partial charge in [0.05, 0.1) is 11.3 Å². The molecule has 5 N–H and O–H groups in total. The largest absolute Gasteiger partial charge is 0.398 e. The Kier molecular flexibility index (Phi) is 4.44. The predicted molar refractivity (Wildman–Crippen MR) is 76.0 cm³/mol. The van der Waals surface area contributed by atoms with Gasteiger partial charge < -0.3 is 21.5 Å². The highest BCUT2D eigenvalue weighted by atomic mass is 19.1. The molecule has 110 valence electrons. The van der Waals surface area contributed by atoms with Gasteiger partial charge in [0.15, 0.2) is 0 Å². The summed E-state index contributed by atoms with van der Waals surface area (Å²) < 4.78 is 14.1. The standard InChI is InChI=1S/C14H20FN3O2/c15-11-8-12(16)10(14(17)20)7-13(11)18-5-1-3-9(18)4-2-6-19/h7-9,19H,1-6,16H2,(H2,17,20). The molecule has 0 radical (unpaired) electrons. The van der Waals surface area contributed by atoms with E-state index >= 15 is 0 Å². The fourth-order valence-electron chi connectivity index (χ4n) is 2.79. The molecule has 1 amide bonds. The number of nitrogen functional groups attached to an aromatic ring is 1. The zero-order valence-corrected chi connectivity index (χ0v) is 11.3. The quantitative estimate of drug-likeness (QED) is 0.708. The molecule has 0 aliphatic carbocycles. The lowest BCUT2D eigenvalue weighted by Gasteiger charge is -2.27. The molecule has 1 fully saturated rings. The summed E-state index contributed by atoms with van der Waals surface area (Å²) in [5.41, 5.74) is 11.4. The number of hydrogen-bond donors (Lipinski definition) is 3. The van der Waals surface area contributed by atoms with E-state index in [0.29, 0.717) is 12.1 Å². The van der Waals surface area contributed by atoms with Crippen molar-refractivity contribution in [2.24, 2.45) is 5.73 Å². The maximum absolute atomic E-state index is 14.1. The van der Waals surface area contributed by atoms with Crippen molar-refractivity contribution in [3.8, 4) is 0 Å². The van der Waals surface area contributed by atoms with E-state index in [9.17, 15) is 9.18 Å². The van der Waals surface area contributed by atoms with Gasteiger partial charge in [0.1, 0.15) is 5.82 Å². The van der Waals surface area contributed by atoms with Crippen LogP contribution in [0, 0.1) is 5.82 Å². The molecular formula is C14H20FN3O2. The second-order valence-corrected chi connectivity index (χ2v) is 5.11. The smallest absolute Gasteiger partial charge is 0.250 e. The van der Waals surface area contributed by atoms with Gasteiger partial charge in [0.25, 0.3) is 5.91 Å². The Morgan fingerprint density at radius 1 is 1.50 bits per heavy atom. The van der Waals surface area contributed by atoms with E-state index in [1.165, 1.54) is 6.07 Å².